The molecule has 2 aromatic carbocycles. The summed E-state index contributed by atoms with van der Waals surface area (Å²) in [5, 5.41) is 40.5. The molecule has 0 saturated heterocycles. The highest BCUT2D eigenvalue weighted by Gasteiger charge is 2.21. The van der Waals surface area contributed by atoms with Crippen molar-refractivity contribution in [1.29, 1.82) is 0 Å². The van der Waals surface area contributed by atoms with Gasteiger partial charge in [0.2, 0.25) is 5.95 Å². The van der Waals surface area contributed by atoms with Crippen molar-refractivity contribution in [3.8, 4) is 5.75 Å². The van der Waals surface area contributed by atoms with Crippen LogP contribution in [0.1, 0.15) is 39.3 Å². The molecule has 0 bridgehead atoms. The third-order valence-electron chi connectivity index (χ3n) is 5.49. The second-order valence-corrected chi connectivity index (χ2v) is 8.53. The third kappa shape index (κ3) is 8.47. The van der Waals surface area contributed by atoms with Gasteiger partial charge < -0.3 is 36.8 Å². The van der Waals surface area contributed by atoms with Crippen LogP contribution < -0.4 is 21.9 Å². The van der Waals surface area contributed by atoms with Crippen molar-refractivity contribution >= 4 is 46.6 Å². The van der Waals surface area contributed by atoms with Gasteiger partial charge in [0.15, 0.2) is 11.2 Å². The van der Waals surface area contributed by atoms with Gasteiger partial charge in [-0.05, 0) is 42.8 Å². The number of nitrogens with two attached hydrogens (primary N) is 1. The maximum Gasteiger partial charge on any atom is 0.339 e. The number of amides is 1. The van der Waals surface area contributed by atoms with Crippen LogP contribution in [0.5, 0.6) is 5.75 Å². The van der Waals surface area contributed by atoms with Crippen LogP contribution in [0.3, 0.4) is 0 Å². The Labute approximate surface area is 235 Å². The Morgan fingerprint density at radius 1 is 0.976 bits per heavy atom. The van der Waals surface area contributed by atoms with Crippen LogP contribution in [0.15, 0.2) is 59.5 Å². The first kappa shape index (κ1) is 30.5. The lowest BCUT2D eigenvalue weighted by Gasteiger charge is -2.14. The van der Waals surface area contributed by atoms with Crippen molar-refractivity contribution in [2.24, 2.45) is 0 Å². The largest absolute Gasteiger partial charge is 0.507 e. The van der Waals surface area contributed by atoms with Crippen LogP contribution in [0.2, 0.25) is 0 Å². The molecule has 0 fully saturated rings. The highest BCUT2D eigenvalue weighted by molar-refractivity contribution is 5.97. The lowest BCUT2D eigenvalue weighted by Crippen LogP contribution is -2.41. The smallest absolute Gasteiger partial charge is 0.339 e. The number of aromatic amines is 1. The molecule has 1 atom stereocenters. The molecule has 16 heteroatoms. The molecule has 0 aliphatic rings. The van der Waals surface area contributed by atoms with Gasteiger partial charge in [-0.15, -0.1) is 0 Å². The average Bonchev–Trinajstić information content (AvgIpc) is 2.94. The predicted octanol–water partition coefficient (Wildman–Crippen LogP) is 1.05. The minimum absolute atomic E-state index is 0.0524. The molecule has 0 spiro atoms. The van der Waals surface area contributed by atoms with Gasteiger partial charge in [-0.2, -0.15) is 4.98 Å². The number of aromatic nitrogens is 4. The van der Waals surface area contributed by atoms with Crippen LogP contribution in [0, 0.1) is 0 Å². The van der Waals surface area contributed by atoms with Crippen molar-refractivity contribution < 1.29 is 39.6 Å². The first-order chi connectivity index (χ1) is 19.9. The summed E-state index contributed by atoms with van der Waals surface area (Å²) < 4.78 is 0. The van der Waals surface area contributed by atoms with Crippen LogP contribution >= 0.6 is 0 Å². The number of benzene rings is 2. The normalized spacial score (nSPS) is 11.0. The first-order valence-electron chi connectivity index (χ1n) is 12.1. The summed E-state index contributed by atoms with van der Waals surface area (Å²) in [7, 11) is 0. The molecular formula is C26H25N7O9. The van der Waals surface area contributed by atoms with Gasteiger partial charge in [-0.1, -0.05) is 12.1 Å². The summed E-state index contributed by atoms with van der Waals surface area (Å²) in [6.07, 6.45) is 0.840. The first-order valence-corrected chi connectivity index (χ1v) is 12.1. The van der Waals surface area contributed by atoms with E-state index in [4.69, 9.17) is 26.2 Å². The number of phenols is 1. The molecule has 0 radical (unpaired) electrons. The number of para-hydroxylation sites is 1. The second-order valence-electron chi connectivity index (χ2n) is 8.53. The zero-order valence-corrected chi connectivity index (χ0v) is 21.6. The number of H-pyrrole nitrogens is 1. The lowest BCUT2D eigenvalue weighted by atomic mass is 10.1. The number of fused-ring (bicyclic) bond motifs is 1. The van der Waals surface area contributed by atoms with Crippen molar-refractivity contribution in [1.82, 2.24) is 25.3 Å². The predicted molar refractivity (Wildman–Crippen MR) is 147 cm³/mol. The number of carbonyl (C=O) groups is 4. The number of carboxylic acid groups (broad SMARTS) is 3. The lowest BCUT2D eigenvalue weighted by molar-refractivity contribution is -0.140. The van der Waals surface area contributed by atoms with Crippen molar-refractivity contribution in [2.75, 3.05) is 11.1 Å². The van der Waals surface area contributed by atoms with E-state index in [1.165, 1.54) is 30.5 Å². The molecule has 1 amide bonds. The summed E-state index contributed by atoms with van der Waals surface area (Å²) >= 11 is 0. The summed E-state index contributed by atoms with van der Waals surface area (Å²) in [6, 6.07) is 10.7. The molecule has 16 nitrogen and oxygen atoms in total. The summed E-state index contributed by atoms with van der Waals surface area (Å²) in [4.78, 5) is 70.8. The number of hydrogen-bond donors (Lipinski definition) is 8. The molecule has 9 N–H and O–H groups in total. The molecule has 4 rings (SSSR count). The fraction of sp³-hybridized carbons (Fsp3) is 0.154. The molecular weight excluding hydrogens is 554 g/mol. The number of nitrogens with one attached hydrogen (secondary N) is 3. The number of hydrogen-bond acceptors (Lipinski definition) is 11. The maximum atomic E-state index is 12.3. The van der Waals surface area contributed by atoms with Gasteiger partial charge in [0.25, 0.3) is 11.5 Å². The molecule has 2 aromatic heterocycles. The molecule has 0 aliphatic carbocycles. The Hall–Kier alpha value is -6.06. The Bertz CT molecular complexity index is 1670. The van der Waals surface area contributed by atoms with Gasteiger partial charge in [0.1, 0.15) is 17.4 Å². The zero-order chi connectivity index (χ0) is 30.8. The molecule has 42 heavy (non-hydrogen) atoms. The highest BCUT2D eigenvalue weighted by atomic mass is 16.4. The number of nitrogens with zero attached hydrogens (tertiary/aromatic N) is 3. The van der Waals surface area contributed by atoms with E-state index in [1.54, 1.807) is 24.3 Å². The molecule has 2 heterocycles. The van der Waals surface area contributed by atoms with Crippen molar-refractivity contribution in [3.05, 3.63) is 81.9 Å². The van der Waals surface area contributed by atoms with Crippen LogP contribution in [0.25, 0.3) is 11.2 Å². The van der Waals surface area contributed by atoms with Gasteiger partial charge in [0, 0.05) is 17.7 Å². The van der Waals surface area contributed by atoms with E-state index in [-0.39, 0.29) is 53.4 Å². The molecule has 4 aromatic rings. The SMILES string of the molecule is Nc1nc2ncc(CNc3ccc(C(=O)NC(CCC(=O)O)C(=O)O)cc3)nc2c(=O)[nH]1.O=C(O)c1ccccc1O. The standard InChI is InChI=1S/C19H19N7O6.C7H6O3/c20-19-25-15-14(17(30)26-19)23-11(8-22-15)7-21-10-3-1-9(2-4-10)16(29)24-12(18(31)32)5-6-13(27)28;8-6-4-2-1-3-5(6)7(9)10/h1-4,8,12,21H,5-7H2,(H,24,29)(H,27,28)(H,31,32)(H3,20,22,25,26,30);1-4,8H,(H,9,10). The molecule has 0 aliphatic heterocycles. The summed E-state index contributed by atoms with van der Waals surface area (Å²) in [5.74, 6) is -4.47. The molecule has 1 unspecified atom stereocenters. The summed E-state index contributed by atoms with van der Waals surface area (Å²) in [5.41, 5.74) is 6.40. The fourth-order valence-corrected chi connectivity index (χ4v) is 3.41. The van der Waals surface area contributed by atoms with Gasteiger partial charge in [-0.25, -0.2) is 19.6 Å². The number of aliphatic carboxylic acids is 2. The number of aromatic hydroxyl groups is 1. The average molecular weight is 580 g/mol. The third-order valence-corrected chi connectivity index (χ3v) is 5.49. The van der Waals surface area contributed by atoms with E-state index in [0.29, 0.717) is 11.4 Å². The summed E-state index contributed by atoms with van der Waals surface area (Å²) in [6.45, 7) is 0.231. The Morgan fingerprint density at radius 2 is 1.67 bits per heavy atom. The quantitative estimate of drug-likeness (QED) is 0.130. The van der Waals surface area contributed by atoms with Crippen LogP contribution in [-0.2, 0) is 16.1 Å². The van der Waals surface area contributed by atoms with E-state index in [1.807, 2.05) is 0 Å². The van der Waals surface area contributed by atoms with Crippen LogP contribution in [-0.4, -0.2) is 70.2 Å². The van der Waals surface area contributed by atoms with Gasteiger partial charge in [-0.3, -0.25) is 19.4 Å². The number of aromatic carboxylic acids is 1. The minimum atomic E-state index is -1.31. The number of carboxylic acids is 3. The second kappa shape index (κ2) is 13.8. The number of rotatable bonds is 10. The van der Waals surface area contributed by atoms with E-state index in [0.717, 1.165) is 0 Å². The number of anilines is 2. The molecule has 218 valence electrons. The zero-order valence-electron chi connectivity index (χ0n) is 21.6. The highest BCUT2D eigenvalue weighted by Crippen LogP contribution is 2.15. The minimum Gasteiger partial charge on any atom is -0.507 e. The Balaban J connectivity index is 0.000000408. The monoisotopic (exact) mass is 579 g/mol. The number of nitrogen functional groups attached to an aromatic ring is 1. The van der Waals surface area contributed by atoms with E-state index >= 15 is 0 Å². The van der Waals surface area contributed by atoms with E-state index in [9.17, 15) is 24.0 Å². The van der Waals surface area contributed by atoms with Gasteiger partial charge >= 0.3 is 17.9 Å². The van der Waals surface area contributed by atoms with Gasteiger partial charge in [0.05, 0.1) is 18.4 Å². The van der Waals surface area contributed by atoms with Crippen LogP contribution in [0.4, 0.5) is 11.6 Å². The maximum absolute atomic E-state index is 12.3. The number of carbonyl (C=O) groups excluding carboxylic acids is 1. The fourth-order valence-electron chi connectivity index (χ4n) is 3.41. The van der Waals surface area contributed by atoms with Crippen molar-refractivity contribution in [3.63, 3.8) is 0 Å². The van der Waals surface area contributed by atoms with E-state index < -0.39 is 35.4 Å². The Kier molecular flexibility index (Phi) is 10.0. The van der Waals surface area contributed by atoms with E-state index in [2.05, 4.69) is 30.6 Å². The van der Waals surface area contributed by atoms with Crippen molar-refractivity contribution in [2.45, 2.75) is 25.4 Å². The molecule has 0 saturated carbocycles. The topological polar surface area (TPSA) is 271 Å². The Morgan fingerprint density at radius 3 is 2.26 bits per heavy atom.